The molecule has 0 spiro atoms. The molecule has 29 heavy (non-hydrogen) atoms. The zero-order valence-electron chi connectivity index (χ0n) is 16.7. The van der Waals surface area contributed by atoms with Gasteiger partial charge < -0.3 is 9.64 Å². The van der Waals surface area contributed by atoms with Crippen LogP contribution in [0.2, 0.25) is 0 Å². The fourth-order valence-corrected chi connectivity index (χ4v) is 3.27. The van der Waals surface area contributed by atoms with E-state index in [-0.39, 0.29) is 31.2 Å². The summed E-state index contributed by atoms with van der Waals surface area (Å²) in [4.78, 5) is 38.4. The Bertz CT molecular complexity index is 1050. The number of nitrogens with zero attached hydrogens (tertiary/aromatic N) is 3. The fourth-order valence-electron chi connectivity index (χ4n) is 3.27. The molecule has 0 saturated carbocycles. The highest BCUT2D eigenvalue weighted by atomic mass is 16.5. The van der Waals surface area contributed by atoms with E-state index in [0.717, 1.165) is 16.6 Å². The van der Waals surface area contributed by atoms with Crippen LogP contribution in [0.1, 0.15) is 18.9 Å². The van der Waals surface area contributed by atoms with Crippen LogP contribution in [0.15, 0.2) is 59.4 Å². The van der Waals surface area contributed by atoms with Crippen molar-refractivity contribution in [2.45, 2.75) is 33.0 Å². The molecule has 0 aliphatic rings. The van der Waals surface area contributed by atoms with Crippen molar-refractivity contribution >= 4 is 22.9 Å². The molecule has 3 rings (SSSR count). The van der Waals surface area contributed by atoms with E-state index in [0.29, 0.717) is 13.1 Å². The number of aromatic nitrogens is 2. The van der Waals surface area contributed by atoms with Crippen LogP contribution in [0, 0.1) is 0 Å². The number of carbonyl (C=O) groups is 2. The molecule has 3 aromatic rings. The molecule has 0 atom stereocenters. The van der Waals surface area contributed by atoms with Crippen LogP contribution in [0.5, 0.6) is 0 Å². The first kappa shape index (κ1) is 20.4. The monoisotopic (exact) mass is 395 g/mol. The second kappa shape index (κ2) is 9.23. The summed E-state index contributed by atoms with van der Waals surface area (Å²) in [6, 6.07) is 17.1. The number of amides is 1. The minimum absolute atomic E-state index is 0.0211. The number of likely N-dealkylation sites (N-methyl/N-ethyl adjacent to an activating group) is 1. The molecular formula is C22H25N3O4. The molecule has 7 heteroatoms. The van der Waals surface area contributed by atoms with Gasteiger partial charge in [0.1, 0.15) is 0 Å². The summed E-state index contributed by atoms with van der Waals surface area (Å²) in [6.45, 7) is 2.80. The summed E-state index contributed by atoms with van der Waals surface area (Å²) in [5, 5.41) is 0. The van der Waals surface area contributed by atoms with Crippen LogP contribution in [-0.4, -0.2) is 39.6 Å². The number of hydrogen-bond acceptors (Lipinski definition) is 4. The van der Waals surface area contributed by atoms with Gasteiger partial charge in [0.2, 0.25) is 0 Å². The van der Waals surface area contributed by atoms with Gasteiger partial charge in [-0.05, 0) is 24.6 Å². The Morgan fingerprint density at radius 2 is 1.59 bits per heavy atom. The predicted molar refractivity (Wildman–Crippen MR) is 110 cm³/mol. The van der Waals surface area contributed by atoms with E-state index < -0.39 is 5.97 Å². The predicted octanol–water partition coefficient (Wildman–Crippen LogP) is 2.41. The lowest BCUT2D eigenvalue weighted by Gasteiger charge is -2.17. The van der Waals surface area contributed by atoms with Gasteiger partial charge in [0.15, 0.2) is 6.61 Å². The second-order valence-corrected chi connectivity index (χ2v) is 6.81. The van der Waals surface area contributed by atoms with Crippen molar-refractivity contribution in [1.82, 2.24) is 14.0 Å². The van der Waals surface area contributed by atoms with Gasteiger partial charge in [-0.1, -0.05) is 42.5 Å². The molecule has 1 amide bonds. The Morgan fingerprint density at radius 1 is 0.966 bits per heavy atom. The average Bonchev–Trinajstić information content (AvgIpc) is 3.01. The molecule has 0 unspecified atom stereocenters. The third-order valence-electron chi connectivity index (χ3n) is 4.83. The zero-order valence-corrected chi connectivity index (χ0v) is 16.7. The fraction of sp³-hybridized carbons (Fsp3) is 0.318. The highest BCUT2D eigenvalue weighted by Gasteiger charge is 2.15. The van der Waals surface area contributed by atoms with Crippen molar-refractivity contribution in [2.75, 3.05) is 13.7 Å². The van der Waals surface area contributed by atoms with Crippen molar-refractivity contribution < 1.29 is 14.3 Å². The summed E-state index contributed by atoms with van der Waals surface area (Å²) in [7, 11) is 1.67. The van der Waals surface area contributed by atoms with Gasteiger partial charge in [-0.15, -0.1) is 0 Å². The molecular weight excluding hydrogens is 370 g/mol. The number of rotatable bonds is 8. The van der Waals surface area contributed by atoms with E-state index >= 15 is 0 Å². The van der Waals surface area contributed by atoms with Gasteiger partial charge in [0.25, 0.3) is 5.91 Å². The van der Waals surface area contributed by atoms with Crippen LogP contribution in [0.4, 0.5) is 0 Å². The molecule has 2 aromatic carbocycles. The molecule has 0 saturated heterocycles. The number of benzene rings is 2. The number of esters is 1. The van der Waals surface area contributed by atoms with Gasteiger partial charge >= 0.3 is 11.7 Å². The molecule has 0 bridgehead atoms. The molecule has 152 valence electrons. The molecule has 1 aromatic heterocycles. The maximum absolute atomic E-state index is 12.6. The Hall–Kier alpha value is -3.35. The highest BCUT2D eigenvalue weighted by Crippen LogP contribution is 2.13. The standard InChI is InChI=1S/C22H25N3O4/c1-3-24-18-11-7-8-12-19(18)25(22(24)28)14-13-21(27)29-16-20(26)23(2)15-17-9-5-4-6-10-17/h4-12H,3,13-16H2,1-2H3. The van der Waals surface area contributed by atoms with Gasteiger partial charge in [-0.3, -0.25) is 18.7 Å². The number of carbonyl (C=O) groups excluding carboxylic acids is 2. The number of ether oxygens (including phenoxy) is 1. The lowest BCUT2D eigenvalue weighted by atomic mass is 10.2. The number of aryl methyl sites for hydroxylation is 2. The van der Waals surface area contributed by atoms with Crippen LogP contribution < -0.4 is 5.69 Å². The van der Waals surface area contributed by atoms with Crippen molar-refractivity contribution in [1.29, 1.82) is 0 Å². The largest absolute Gasteiger partial charge is 0.456 e. The quantitative estimate of drug-likeness (QED) is 0.549. The number of para-hydroxylation sites is 2. The molecule has 0 aliphatic heterocycles. The van der Waals surface area contributed by atoms with E-state index in [1.54, 1.807) is 16.2 Å². The van der Waals surface area contributed by atoms with E-state index in [4.69, 9.17) is 4.74 Å². The first-order valence-electron chi connectivity index (χ1n) is 9.62. The lowest BCUT2D eigenvalue weighted by Crippen LogP contribution is -2.31. The SMILES string of the molecule is CCn1c(=O)n(CCC(=O)OCC(=O)N(C)Cc2ccccc2)c2ccccc21. The summed E-state index contributed by atoms with van der Waals surface area (Å²) < 4.78 is 8.36. The van der Waals surface area contributed by atoms with E-state index in [1.165, 1.54) is 4.90 Å². The Balaban J connectivity index is 1.54. The van der Waals surface area contributed by atoms with Crippen molar-refractivity contribution in [3.63, 3.8) is 0 Å². The number of fused-ring (bicyclic) bond motifs is 1. The molecule has 0 radical (unpaired) electrons. The van der Waals surface area contributed by atoms with Crippen LogP contribution >= 0.6 is 0 Å². The maximum Gasteiger partial charge on any atom is 0.329 e. The van der Waals surface area contributed by atoms with E-state index in [2.05, 4.69) is 0 Å². The molecule has 0 fully saturated rings. The summed E-state index contributed by atoms with van der Waals surface area (Å²) in [6.07, 6.45) is 0.0211. The zero-order chi connectivity index (χ0) is 20.8. The molecule has 1 heterocycles. The topological polar surface area (TPSA) is 73.5 Å². The first-order valence-corrected chi connectivity index (χ1v) is 9.62. The molecule has 0 aliphatic carbocycles. The lowest BCUT2D eigenvalue weighted by molar-refractivity contribution is -0.151. The van der Waals surface area contributed by atoms with Crippen LogP contribution in [0.3, 0.4) is 0 Å². The summed E-state index contributed by atoms with van der Waals surface area (Å²) in [5.74, 6) is -0.784. The Morgan fingerprint density at radius 3 is 2.24 bits per heavy atom. The van der Waals surface area contributed by atoms with Gasteiger partial charge in [0.05, 0.1) is 17.5 Å². The first-order chi connectivity index (χ1) is 14.0. The average molecular weight is 395 g/mol. The molecule has 0 N–H and O–H groups in total. The molecule has 7 nitrogen and oxygen atoms in total. The second-order valence-electron chi connectivity index (χ2n) is 6.81. The van der Waals surface area contributed by atoms with E-state index in [9.17, 15) is 14.4 Å². The summed E-state index contributed by atoms with van der Waals surface area (Å²) in [5.41, 5.74) is 2.47. The third-order valence-corrected chi connectivity index (χ3v) is 4.83. The normalized spacial score (nSPS) is 10.8. The van der Waals surface area contributed by atoms with E-state index in [1.807, 2.05) is 61.5 Å². The maximum atomic E-state index is 12.6. The number of imidazole rings is 1. The summed E-state index contributed by atoms with van der Waals surface area (Å²) >= 11 is 0. The number of hydrogen-bond donors (Lipinski definition) is 0. The van der Waals surface area contributed by atoms with Gasteiger partial charge in [-0.2, -0.15) is 0 Å². The van der Waals surface area contributed by atoms with Gasteiger partial charge in [0, 0.05) is 26.7 Å². The van der Waals surface area contributed by atoms with Crippen LogP contribution in [-0.2, 0) is 34.0 Å². The van der Waals surface area contributed by atoms with Crippen molar-refractivity contribution in [3.8, 4) is 0 Å². The Labute approximate surface area is 169 Å². The minimum atomic E-state index is -0.508. The van der Waals surface area contributed by atoms with Crippen molar-refractivity contribution in [2.24, 2.45) is 0 Å². The van der Waals surface area contributed by atoms with Crippen molar-refractivity contribution in [3.05, 3.63) is 70.6 Å². The smallest absolute Gasteiger partial charge is 0.329 e. The minimum Gasteiger partial charge on any atom is -0.456 e. The van der Waals surface area contributed by atoms with Crippen LogP contribution in [0.25, 0.3) is 11.0 Å². The highest BCUT2D eigenvalue weighted by molar-refractivity contribution is 5.80. The van der Waals surface area contributed by atoms with Gasteiger partial charge in [-0.25, -0.2) is 4.79 Å². The third kappa shape index (κ3) is 4.74. The Kier molecular flexibility index (Phi) is 6.49.